The van der Waals surface area contributed by atoms with Crippen molar-refractivity contribution in [3.63, 3.8) is 0 Å². The van der Waals surface area contributed by atoms with Crippen molar-refractivity contribution in [2.45, 2.75) is 13.3 Å². The number of esters is 1. The Labute approximate surface area is 96.4 Å². The third-order valence-corrected chi connectivity index (χ3v) is 2.38. The van der Waals surface area contributed by atoms with E-state index in [-0.39, 0.29) is 12.2 Å². The van der Waals surface area contributed by atoms with E-state index in [0.29, 0.717) is 17.0 Å². The van der Waals surface area contributed by atoms with Gasteiger partial charge in [-0.25, -0.2) is 9.50 Å². The molecule has 0 radical (unpaired) electrons. The maximum absolute atomic E-state index is 11.8. The van der Waals surface area contributed by atoms with E-state index < -0.39 is 5.97 Å². The summed E-state index contributed by atoms with van der Waals surface area (Å²) in [5, 5.41) is 3.94. The Morgan fingerprint density at radius 1 is 1.41 bits per heavy atom. The Hall–Kier alpha value is -2.31. The van der Waals surface area contributed by atoms with Crippen LogP contribution in [0.2, 0.25) is 0 Å². The van der Waals surface area contributed by atoms with Gasteiger partial charge in [-0.2, -0.15) is 10.1 Å². The average Bonchev–Trinajstić information content (AvgIpc) is 2.78. The van der Waals surface area contributed by atoms with Crippen LogP contribution in [0.1, 0.15) is 22.5 Å². The molecule has 0 aromatic carbocycles. The van der Waals surface area contributed by atoms with Gasteiger partial charge >= 0.3 is 5.97 Å². The summed E-state index contributed by atoms with van der Waals surface area (Å²) in [5.74, 6) is -0.510. The molecular weight excluding hydrogens is 224 g/mol. The Morgan fingerprint density at radius 2 is 2.18 bits per heavy atom. The molecule has 2 rings (SSSR count). The average molecular weight is 234 g/mol. The van der Waals surface area contributed by atoms with E-state index in [2.05, 4.69) is 19.8 Å². The molecule has 0 saturated heterocycles. The normalized spacial score (nSPS) is 10.5. The highest BCUT2D eigenvalue weighted by Gasteiger charge is 2.17. The quantitative estimate of drug-likeness (QED) is 0.427. The minimum atomic E-state index is -0.576. The van der Waals surface area contributed by atoms with Gasteiger partial charge in [-0.15, -0.1) is 0 Å². The number of ketones is 1. The van der Waals surface area contributed by atoms with E-state index in [9.17, 15) is 9.59 Å². The van der Waals surface area contributed by atoms with Gasteiger partial charge in [-0.3, -0.25) is 9.59 Å². The smallest absolute Gasteiger partial charge is 0.313 e. The molecule has 0 N–H and O–H groups in total. The first-order valence-electron chi connectivity index (χ1n) is 4.89. The molecule has 0 saturated carbocycles. The molecule has 0 aliphatic carbocycles. The van der Waals surface area contributed by atoms with Crippen LogP contribution in [0.5, 0.6) is 0 Å². The van der Waals surface area contributed by atoms with Gasteiger partial charge in [0, 0.05) is 6.20 Å². The van der Waals surface area contributed by atoms with E-state index in [4.69, 9.17) is 0 Å². The molecule has 2 heterocycles. The molecule has 0 fully saturated rings. The van der Waals surface area contributed by atoms with E-state index in [0.717, 1.165) is 0 Å². The van der Waals surface area contributed by atoms with Crippen LogP contribution in [0.4, 0.5) is 0 Å². The van der Waals surface area contributed by atoms with Crippen molar-refractivity contribution >= 4 is 17.5 Å². The summed E-state index contributed by atoms with van der Waals surface area (Å²) >= 11 is 0. The molecule has 0 aliphatic rings. The van der Waals surface area contributed by atoms with Gasteiger partial charge < -0.3 is 4.74 Å². The van der Waals surface area contributed by atoms with Crippen molar-refractivity contribution in [3.05, 3.63) is 23.8 Å². The van der Waals surface area contributed by atoms with Crippen molar-refractivity contribution in [1.82, 2.24) is 19.6 Å². The number of carbonyl (C=O) groups is 2. The number of nitrogens with zero attached hydrogens (tertiary/aromatic N) is 4. The highest BCUT2D eigenvalue weighted by molar-refractivity contribution is 6.06. The van der Waals surface area contributed by atoms with E-state index in [1.54, 1.807) is 6.92 Å². The minimum Gasteiger partial charge on any atom is -0.469 e. The molecule has 17 heavy (non-hydrogen) atoms. The fraction of sp³-hybridized carbons (Fsp3) is 0.300. The molecule has 0 spiro atoms. The van der Waals surface area contributed by atoms with Crippen LogP contribution >= 0.6 is 0 Å². The predicted octanol–water partition coefficient (Wildman–Crippen LogP) is 0.179. The number of aryl methyl sites for hydroxylation is 1. The molecule has 2 aromatic heterocycles. The maximum atomic E-state index is 11.8. The summed E-state index contributed by atoms with van der Waals surface area (Å²) in [6, 6.07) is 0. The fourth-order valence-electron chi connectivity index (χ4n) is 1.46. The van der Waals surface area contributed by atoms with Gasteiger partial charge in [0.1, 0.15) is 12.7 Å². The monoisotopic (exact) mass is 234 g/mol. The third-order valence-electron chi connectivity index (χ3n) is 2.38. The second-order valence-corrected chi connectivity index (χ2v) is 3.41. The van der Waals surface area contributed by atoms with Crippen LogP contribution in [0, 0.1) is 6.92 Å². The Bertz CT molecular complexity index is 590. The van der Waals surface area contributed by atoms with Crippen LogP contribution < -0.4 is 0 Å². The maximum Gasteiger partial charge on any atom is 0.313 e. The first-order chi connectivity index (χ1) is 8.13. The highest BCUT2D eigenvalue weighted by Crippen LogP contribution is 2.10. The summed E-state index contributed by atoms with van der Waals surface area (Å²) in [6.45, 7) is 1.72. The third kappa shape index (κ3) is 1.99. The van der Waals surface area contributed by atoms with Crippen molar-refractivity contribution in [1.29, 1.82) is 0 Å². The van der Waals surface area contributed by atoms with E-state index in [1.807, 2.05) is 0 Å². The number of rotatable bonds is 3. The zero-order chi connectivity index (χ0) is 12.4. The summed E-state index contributed by atoms with van der Waals surface area (Å²) in [6.07, 6.45) is 2.44. The SMILES string of the molecule is COC(=O)CC(=O)c1cnc2ncnn2c1C. The molecule has 88 valence electrons. The Balaban J connectivity index is 2.38. The van der Waals surface area contributed by atoms with Gasteiger partial charge in [-0.1, -0.05) is 0 Å². The number of hydrogen-bond donors (Lipinski definition) is 0. The van der Waals surface area contributed by atoms with Crippen LogP contribution in [-0.4, -0.2) is 38.4 Å². The number of hydrogen-bond acceptors (Lipinski definition) is 6. The second kappa shape index (κ2) is 4.28. The van der Waals surface area contributed by atoms with Crippen molar-refractivity contribution in [2.24, 2.45) is 0 Å². The summed E-state index contributed by atoms with van der Waals surface area (Å²) in [7, 11) is 1.24. The Morgan fingerprint density at radius 3 is 2.88 bits per heavy atom. The number of ether oxygens (including phenoxy) is 1. The summed E-state index contributed by atoms with van der Waals surface area (Å²) < 4.78 is 5.89. The molecule has 7 nitrogen and oxygen atoms in total. The van der Waals surface area contributed by atoms with Gasteiger partial charge in [-0.05, 0) is 6.92 Å². The van der Waals surface area contributed by atoms with Crippen LogP contribution in [0.15, 0.2) is 12.5 Å². The van der Waals surface area contributed by atoms with Crippen molar-refractivity contribution < 1.29 is 14.3 Å². The first kappa shape index (κ1) is 11.2. The van der Waals surface area contributed by atoms with Crippen LogP contribution in [-0.2, 0) is 9.53 Å². The number of fused-ring (bicyclic) bond motifs is 1. The molecular formula is C10H10N4O3. The fourth-order valence-corrected chi connectivity index (χ4v) is 1.46. The number of methoxy groups -OCH3 is 1. The van der Waals surface area contributed by atoms with Crippen LogP contribution in [0.25, 0.3) is 5.78 Å². The van der Waals surface area contributed by atoms with Gasteiger partial charge in [0.05, 0.1) is 18.4 Å². The Kier molecular flexibility index (Phi) is 2.82. The highest BCUT2D eigenvalue weighted by atomic mass is 16.5. The lowest BCUT2D eigenvalue weighted by molar-refractivity contribution is -0.139. The molecule has 0 unspecified atom stereocenters. The van der Waals surface area contributed by atoms with Crippen molar-refractivity contribution in [2.75, 3.05) is 7.11 Å². The zero-order valence-corrected chi connectivity index (χ0v) is 9.38. The van der Waals surface area contributed by atoms with E-state index in [1.165, 1.54) is 24.1 Å². The van der Waals surface area contributed by atoms with Gasteiger partial charge in [0.25, 0.3) is 5.78 Å². The second-order valence-electron chi connectivity index (χ2n) is 3.41. The largest absolute Gasteiger partial charge is 0.469 e. The molecule has 0 amide bonds. The molecule has 7 heteroatoms. The zero-order valence-electron chi connectivity index (χ0n) is 9.38. The number of Topliss-reactive ketones (excluding diaryl/α,β-unsaturated/α-hetero) is 1. The van der Waals surface area contributed by atoms with Crippen molar-refractivity contribution in [3.8, 4) is 0 Å². The molecule has 0 aliphatic heterocycles. The lowest BCUT2D eigenvalue weighted by atomic mass is 10.1. The van der Waals surface area contributed by atoms with Gasteiger partial charge in [0.2, 0.25) is 0 Å². The predicted molar refractivity (Wildman–Crippen MR) is 56.5 cm³/mol. The summed E-state index contributed by atoms with van der Waals surface area (Å²) in [4.78, 5) is 30.7. The number of carbonyl (C=O) groups excluding carboxylic acids is 2. The minimum absolute atomic E-state index is 0.306. The summed E-state index contributed by atoms with van der Waals surface area (Å²) in [5.41, 5.74) is 0.940. The standard InChI is InChI=1S/C10H10N4O3/c1-6-7(8(15)3-9(16)17-2)4-11-10-12-5-13-14(6)10/h4-5H,3H2,1-2H3. The van der Waals surface area contributed by atoms with Gasteiger partial charge in [0.15, 0.2) is 5.78 Å². The van der Waals surface area contributed by atoms with E-state index >= 15 is 0 Å². The first-order valence-corrected chi connectivity index (χ1v) is 4.89. The van der Waals surface area contributed by atoms with Crippen LogP contribution in [0.3, 0.4) is 0 Å². The lowest BCUT2D eigenvalue weighted by Gasteiger charge is -2.04. The molecule has 0 bridgehead atoms. The lowest BCUT2D eigenvalue weighted by Crippen LogP contribution is -2.13. The topological polar surface area (TPSA) is 86.5 Å². The number of aromatic nitrogens is 4. The molecule has 2 aromatic rings. The molecule has 0 atom stereocenters.